The van der Waals surface area contributed by atoms with Gasteiger partial charge in [0.1, 0.15) is 17.6 Å². The average molecular weight is 489 g/mol. The van der Waals surface area contributed by atoms with Crippen molar-refractivity contribution in [2.45, 2.75) is 24.3 Å². The molecule has 10 nitrogen and oxygen atoms in total. The Morgan fingerprint density at radius 1 is 1.24 bits per heavy atom. The Kier molecular flexibility index (Phi) is 6.58. The number of carbonyl (C=O) groups excluding carboxylic acids is 1. The molecule has 2 amide bonds. The first-order valence-corrected chi connectivity index (χ1v) is 10.7. The number of ether oxygens (including phenoxy) is 2. The predicted molar refractivity (Wildman–Crippen MR) is 109 cm³/mol. The molecule has 0 saturated carbocycles. The summed E-state index contributed by atoms with van der Waals surface area (Å²) >= 11 is 0. The molecule has 1 heterocycles. The maximum Gasteiger partial charge on any atom is 0.573 e. The number of nitrogens with zero attached hydrogens (tertiary/aromatic N) is 1. The van der Waals surface area contributed by atoms with Crippen LogP contribution in [0.5, 0.6) is 11.5 Å². The van der Waals surface area contributed by atoms with Gasteiger partial charge in [0.15, 0.2) is 0 Å². The summed E-state index contributed by atoms with van der Waals surface area (Å²) in [5.74, 6) is -1.04. The number of hydrogen-bond acceptors (Lipinski definition) is 6. The largest absolute Gasteiger partial charge is 0.573 e. The monoisotopic (exact) mass is 489 g/mol. The summed E-state index contributed by atoms with van der Waals surface area (Å²) in [4.78, 5) is 21.7. The number of anilines is 2. The van der Waals surface area contributed by atoms with Gasteiger partial charge in [0, 0.05) is 18.7 Å². The first-order valence-electron chi connectivity index (χ1n) is 9.29. The van der Waals surface area contributed by atoms with Gasteiger partial charge < -0.3 is 19.9 Å². The van der Waals surface area contributed by atoms with E-state index in [2.05, 4.69) is 15.4 Å². The average Bonchev–Trinajstić information content (AvgIpc) is 2.70. The van der Waals surface area contributed by atoms with E-state index in [1.165, 1.54) is 25.1 Å². The third-order valence-corrected chi connectivity index (χ3v) is 6.12. The molecule has 0 spiro atoms. The maximum absolute atomic E-state index is 13.4. The number of amides is 2. The standard InChI is InChI=1S/C19H18F3N3O7S/c1-11(26)23-9-14-10-25(16-7-12(24-18(27)28)5-6-17(16)31-14)33(29,30)15-4-2-3-13(8-15)32-19(20,21)22/h2-8,14,24H,9-10H2,1H3,(H,23,26)(H,27,28). The second kappa shape index (κ2) is 9.05. The highest BCUT2D eigenvalue weighted by Gasteiger charge is 2.36. The molecule has 0 radical (unpaired) electrons. The van der Waals surface area contributed by atoms with Gasteiger partial charge in [-0.3, -0.25) is 14.4 Å². The van der Waals surface area contributed by atoms with Gasteiger partial charge in [-0.05, 0) is 30.3 Å². The Bertz CT molecular complexity index is 1170. The summed E-state index contributed by atoms with van der Waals surface area (Å²) in [6.07, 6.45) is -7.24. The van der Waals surface area contributed by atoms with E-state index in [4.69, 9.17) is 9.84 Å². The van der Waals surface area contributed by atoms with Gasteiger partial charge in [-0.15, -0.1) is 13.2 Å². The van der Waals surface area contributed by atoms with Crippen molar-refractivity contribution < 1.29 is 45.8 Å². The van der Waals surface area contributed by atoms with E-state index >= 15 is 0 Å². The number of carboxylic acid groups (broad SMARTS) is 1. The first-order chi connectivity index (χ1) is 15.3. The van der Waals surface area contributed by atoms with Crippen LogP contribution < -0.4 is 24.4 Å². The van der Waals surface area contributed by atoms with Crippen LogP contribution in [-0.2, 0) is 14.8 Å². The lowest BCUT2D eigenvalue weighted by Crippen LogP contribution is -2.48. The van der Waals surface area contributed by atoms with Crippen LogP contribution in [0.4, 0.5) is 29.3 Å². The topological polar surface area (TPSA) is 134 Å². The molecule has 2 aromatic carbocycles. The smallest absolute Gasteiger partial charge is 0.484 e. The fraction of sp³-hybridized carbons (Fsp3) is 0.263. The second-order valence-corrected chi connectivity index (χ2v) is 8.71. The summed E-state index contributed by atoms with van der Waals surface area (Å²) in [5, 5.41) is 13.5. The fourth-order valence-corrected chi connectivity index (χ4v) is 4.60. The van der Waals surface area contributed by atoms with E-state index in [1.54, 1.807) is 0 Å². The predicted octanol–water partition coefficient (Wildman–Crippen LogP) is 2.77. The normalized spacial score (nSPS) is 15.8. The van der Waals surface area contributed by atoms with Crippen LogP contribution in [0, 0.1) is 0 Å². The van der Waals surface area contributed by atoms with E-state index < -0.39 is 39.2 Å². The van der Waals surface area contributed by atoms with Gasteiger partial charge in [0.25, 0.3) is 10.0 Å². The van der Waals surface area contributed by atoms with E-state index in [9.17, 15) is 31.2 Å². The van der Waals surface area contributed by atoms with E-state index in [0.717, 1.165) is 28.6 Å². The number of carbonyl (C=O) groups is 2. The van der Waals surface area contributed by atoms with Crippen LogP contribution >= 0.6 is 0 Å². The van der Waals surface area contributed by atoms with Crippen LogP contribution in [-0.4, -0.2) is 51.1 Å². The summed E-state index contributed by atoms with van der Waals surface area (Å²) in [5.41, 5.74) is 0.00184. The lowest BCUT2D eigenvalue weighted by Gasteiger charge is -2.35. The zero-order chi connectivity index (χ0) is 24.4. The molecule has 178 valence electrons. The zero-order valence-electron chi connectivity index (χ0n) is 16.9. The van der Waals surface area contributed by atoms with Gasteiger partial charge in [-0.25, -0.2) is 13.2 Å². The van der Waals surface area contributed by atoms with Crippen molar-refractivity contribution in [2.24, 2.45) is 0 Å². The van der Waals surface area contributed by atoms with Gasteiger partial charge >= 0.3 is 12.5 Å². The quantitative estimate of drug-likeness (QED) is 0.568. The number of benzene rings is 2. The van der Waals surface area contributed by atoms with Crippen molar-refractivity contribution >= 4 is 33.4 Å². The molecule has 0 saturated heterocycles. The molecule has 0 aromatic heterocycles. The second-order valence-electron chi connectivity index (χ2n) is 6.85. The van der Waals surface area contributed by atoms with Gasteiger partial charge in [-0.1, -0.05) is 6.07 Å². The molecular formula is C19H18F3N3O7S. The molecule has 1 aliphatic rings. The number of halogens is 3. The van der Waals surface area contributed by atoms with E-state index in [0.29, 0.717) is 0 Å². The zero-order valence-corrected chi connectivity index (χ0v) is 17.7. The SMILES string of the molecule is CC(=O)NCC1CN(S(=O)(=O)c2cccc(OC(F)(F)F)c2)c2cc(NC(=O)O)ccc2O1. The molecule has 14 heteroatoms. The van der Waals surface area contributed by atoms with E-state index in [-0.39, 0.29) is 36.1 Å². The molecular weight excluding hydrogens is 471 g/mol. The molecule has 0 aliphatic carbocycles. The Hall–Kier alpha value is -3.68. The minimum atomic E-state index is -5.02. The third-order valence-electron chi connectivity index (χ3n) is 4.35. The van der Waals surface area contributed by atoms with Gasteiger partial charge in [0.2, 0.25) is 5.91 Å². The first kappa shape index (κ1) is 24.0. The lowest BCUT2D eigenvalue weighted by molar-refractivity contribution is -0.274. The number of fused-ring (bicyclic) bond motifs is 1. The Labute approximate surface area is 185 Å². The molecule has 3 rings (SSSR count). The molecule has 33 heavy (non-hydrogen) atoms. The van der Waals surface area contributed by atoms with Crippen molar-refractivity contribution in [3.63, 3.8) is 0 Å². The van der Waals surface area contributed by atoms with Crippen LogP contribution in [0.15, 0.2) is 47.4 Å². The number of alkyl halides is 3. The maximum atomic E-state index is 13.4. The summed E-state index contributed by atoms with van der Waals surface area (Å²) in [6, 6.07) is 7.75. The van der Waals surface area contributed by atoms with Crippen molar-refractivity contribution in [3.05, 3.63) is 42.5 Å². The highest BCUT2D eigenvalue weighted by atomic mass is 32.2. The highest BCUT2D eigenvalue weighted by Crippen LogP contribution is 2.39. The lowest BCUT2D eigenvalue weighted by atomic mass is 10.2. The van der Waals surface area contributed by atoms with Crippen LogP contribution in [0.2, 0.25) is 0 Å². The van der Waals surface area contributed by atoms with Gasteiger partial charge in [-0.2, -0.15) is 0 Å². The number of sulfonamides is 1. The molecule has 0 fully saturated rings. The minimum absolute atomic E-state index is 0.0394. The van der Waals surface area contributed by atoms with Crippen molar-refractivity contribution in [3.8, 4) is 11.5 Å². The third kappa shape index (κ3) is 5.97. The molecule has 1 unspecified atom stereocenters. The van der Waals surface area contributed by atoms with Crippen molar-refractivity contribution in [1.82, 2.24) is 5.32 Å². The van der Waals surface area contributed by atoms with Crippen LogP contribution in [0.25, 0.3) is 0 Å². The van der Waals surface area contributed by atoms with Crippen LogP contribution in [0.1, 0.15) is 6.92 Å². The summed E-state index contributed by atoms with van der Waals surface area (Å²) < 4.78 is 74.9. The summed E-state index contributed by atoms with van der Waals surface area (Å²) in [6.45, 7) is 0.908. The van der Waals surface area contributed by atoms with Crippen molar-refractivity contribution in [2.75, 3.05) is 22.7 Å². The van der Waals surface area contributed by atoms with E-state index in [1.807, 2.05) is 0 Å². The Morgan fingerprint density at radius 2 is 1.97 bits per heavy atom. The number of nitrogens with one attached hydrogen (secondary N) is 2. The molecule has 0 bridgehead atoms. The fourth-order valence-electron chi connectivity index (χ4n) is 3.06. The highest BCUT2D eigenvalue weighted by molar-refractivity contribution is 7.92. The molecule has 1 aliphatic heterocycles. The summed E-state index contributed by atoms with van der Waals surface area (Å²) in [7, 11) is -4.45. The molecule has 1 atom stereocenters. The van der Waals surface area contributed by atoms with Crippen LogP contribution in [0.3, 0.4) is 0 Å². The number of hydrogen-bond donors (Lipinski definition) is 3. The number of rotatable bonds is 6. The minimum Gasteiger partial charge on any atom is -0.484 e. The Balaban J connectivity index is 2.03. The van der Waals surface area contributed by atoms with Crippen molar-refractivity contribution in [1.29, 1.82) is 0 Å². The van der Waals surface area contributed by atoms with Gasteiger partial charge in [0.05, 0.1) is 23.7 Å². The Morgan fingerprint density at radius 3 is 2.61 bits per heavy atom. The molecule has 3 N–H and O–H groups in total. The molecule has 2 aromatic rings.